The van der Waals surface area contributed by atoms with E-state index in [1.807, 2.05) is 23.0 Å². The van der Waals surface area contributed by atoms with Crippen LogP contribution in [0.15, 0.2) is 36.8 Å². The SMILES string of the molecule is C[C@@H]1CCN(c2ccc(C#N)cn2)C[C@@H]1n1nc(NC(=O)C(=O)NCC2CC2)c2cnc3[nH]ccc3c21. The van der Waals surface area contributed by atoms with Crippen molar-refractivity contribution in [1.29, 1.82) is 5.26 Å². The van der Waals surface area contributed by atoms with Gasteiger partial charge >= 0.3 is 11.8 Å². The van der Waals surface area contributed by atoms with Gasteiger partial charge in [0.2, 0.25) is 0 Å². The van der Waals surface area contributed by atoms with E-state index in [0.29, 0.717) is 41.7 Å². The standard InChI is InChI=1S/C26H27N9O2/c1-15-7-9-34(21-5-4-17(10-27)12-29-21)14-20(15)35-22-18-6-8-28-23(18)30-13-19(22)24(33-35)32-26(37)25(36)31-11-16-2-3-16/h4-6,8,12-13,15-16,20H,2-3,7,9,11,14H2,1H3,(H,28,30)(H,31,36)(H,32,33,37)/t15-,20+/m1/s1. The van der Waals surface area contributed by atoms with Gasteiger partial charge in [-0.25, -0.2) is 9.97 Å². The van der Waals surface area contributed by atoms with Crippen molar-refractivity contribution in [2.24, 2.45) is 11.8 Å². The Hall–Kier alpha value is -4.46. The van der Waals surface area contributed by atoms with Crippen molar-refractivity contribution >= 4 is 45.4 Å². The third-order valence-electron chi connectivity index (χ3n) is 7.37. The lowest BCUT2D eigenvalue weighted by molar-refractivity contribution is -0.136. The number of carbonyl (C=O) groups excluding carboxylic acids is 2. The molecule has 5 heterocycles. The molecule has 0 unspecified atom stereocenters. The molecule has 0 aromatic carbocycles. The summed E-state index contributed by atoms with van der Waals surface area (Å²) in [5.74, 6) is 0.505. The van der Waals surface area contributed by atoms with E-state index in [2.05, 4.69) is 43.5 Å². The number of piperidine rings is 1. The Labute approximate surface area is 212 Å². The monoisotopic (exact) mass is 497 g/mol. The number of nitrogens with one attached hydrogen (secondary N) is 3. The van der Waals surface area contributed by atoms with Crippen molar-refractivity contribution in [3.63, 3.8) is 0 Å². The average molecular weight is 498 g/mol. The highest BCUT2D eigenvalue weighted by molar-refractivity contribution is 6.40. The molecule has 1 saturated heterocycles. The van der Waals surface area contributed by atoms with E-state index in [4.69, 9.17) is 10.4 Å². The van der Waals surface area contributed by atoms with Crippen LogP contribution >= 0.6 is 0 Å². The lowest BCUT2D eigenvalue weighted by Gasteiger charge is -2.38. The summed E-state index contributed by atoms with van der Waals surface area (Å²) < 4.78 is 1.96. The van der Waals surface area contributed by atoms with Crippen LogP contribution in [-0.2, 0) is 9.59 Å². The lowest BCUT2D eigenvalue weighted by Crippen LogP contribution is -2.41. The second-order valence-electron chi connectivity index (χ2n) is 9.96. The molecular formula is C26H27N9O2. The average Bonchev–Trinajstić information content (AvgIpc) is 3.50. The zero-order valence-electron chi connectivity index (χ0n) is 20.4. The maximum Gasteiger partial charge on any atom is 0.314 e. The fourth-order valence-corrected chi connectivity index (χ4v) is 4.98. The van der Waals surface area contributed by atoms with Gasteiger partial charge in [-0.15, -0.1) is 0 Å². The van der Waals surface area contributed by atoms with Gasteiger partial charge in [0, 0.05) is 43.6 Å². The molecule has 1 aliphatic heterocycles. The van der Waals surface area contributed by atoms with Crippen LogP contribution in [0.2, 0.25) is 0 Å². The molecule has 37 heavy (non-hydrogen) atoms. The topological polar surface area (TPSA) is 145 Å². The van der Waals surface area contributed by atoms with E-state index in [1.54, 1.807) is 18.5 Å². The van der Waals surface area contributed by atoms with Gasteiger partial charge in [-0.2, -0.15) is 10.4 Å². The van der Waals surface area contributed by atoms with Gasteiger partial charge in [0.15, 0.2) is 5.82 Å². The molecule has 2 fully saturated rings. The molecule has 0 radical (unpaired) electrons. The van der Waals surface area contributed by atoms with Crippen LogP contribution in [0, 0.1) is 23.2 Å². The predicted molar refractivity (Wildman–Crippen MR) is 138 cm³/mol. The maximum absolute atomic E-state index is 12.7. The summed E-state index contributed by atoms with van der Waals surface area (Å²) in [6.45, 7) is 4.20. The number of amides is 2. The first-order valence-corrected chi connectivity index (χ1v) is 12.6. The number of nitriles is 1. The third kappa shape index (κ3) is 4.35. The molecule has 0 bridgehead atoms. The Bertz CT molecular complexity index is 1530. The van der Waals surface area contributed by atoms with Crippen LogP contribution in [0.3, 0.4) is 0 Å². The van der Waals surface area contributed by atoms with Crippen molar-refractivity contribution in [2.75, 3.05) is 29.9 Å². The number of aromatic amines is 1. The van der Waals surface area contributed by atoms with Gasteiger partial charge in [-0.1, -0.05) is 6.92 Å². The number of pyridine rings is 2. The molecule has 4 aromatic heterocycles. The van der Waals surface area contributed by atoms with Crippen molar-refractivity contribution in [3.05, 3.63) is 42.4 Å². The predicted octanol–water partition coefficient (Wildman–Crippen LogP) is 2.73. The summed E-state index contributed by atoms with van der Waals surface area (Å²) in [5, 5.41) is 21.0. The Morgan fingerprint density at radius 1 is 1.14 bits per heavy atom. The van der Waals surface area contributed by atoms with Crippen LogP contribution in [0.5, 0.6) is 0 Å². The second kappa shape index (κ2) is 9.20. The highest BCUT2D eigenvalue weighted by Crippen LogP contribution is 2.36. The number of H-pyrrole nitrogens is 1. The van der Waals surface area contributed by atoms with Crippen LogP contribution in [0.1, 0.15) is 37.8 Å². The lowest BCUT2D eigenvalue weighted by atomic mass is 9.93. The quantitative estimate of drug-likeness (QED) is 0.360. The molecule has 1 saturated carbocycles. The van der Waals surface area contributed by atoms with Crippen LogP contribution < -0.4 is 15.5 Å². The molecule has 188 valence electrons. The molecule has 2 amide bonds. The summed E-state index contributed by atoms with van der Waals surface area (Å²) in [6.07, 6.45) is 8.19. The van der Waals surface area contributed by atoms with Crippen molar-refractivity contribution < 1.29 is 9.59 Å². The van der Waals surface area contributed by atoms with E-state index < -0.39 is 11.8 Å². The number of aromatic nitrogens is 5. The smallest absolute Gasteiger partial charge is 0.314 e. The summed E-state index contributed by atoms with van der Waals surface area (Å²) in [4.78, 5) is 39.4. The van der Waals surface area contributed by atoms with E-state index in [1.165, 1.54) is 0 Å². The molecule has 2 aliphatic rings. The van der Waals surface area contributed by atoms with Gasteiger partial charge in [0.25, 0.3) is 0 Å². The molecule has 6 rings (SSSR count). The molecule has 11 nitrogen and oxygen atoms in total. The molecular weight excluding hydrogens is 470 g/mol. The minimum absolute atomic E-state index is 0.0245. The number of anilines is 2. The zero-order valence-corrected chi connectivity index (χ0v) is 20.4. The minimum atomic E-state index is -0.735. The number of hydrogen-bond donors (Lipinski definition) is 3. The van der Waals surface area contributed by atoms with Crippen LogP contribution in [0.25, 0.3) is 21.9 Å². The first kappa shape index (κ1) is 23.0. The highest BCUT2D eigenvalue weighted by atomic mass is 16.2. The highest BCUT2D eigenvalue weighted by Gasteiger charge is 2.32. The first-order valence-electron chi connectivity index (χ1n) is 12.6. The molecule has 3 N–H and O–H groups in total. The molecule has 11 heteroatoms. The van der Waals surface area contributed by atoms with Crippen LogP contribution in [0.4, 0.5) is 11.6 Å². The Morgan fingerprint density at radius 2 is 2.00 bits per heavy atom. The van der Waals surface area contributed by atoms with E-state index >= 15 is 0 Å². The van der Waals surface area contributed by atoms with Crippen molar-refractivity contribution in [3.8, 4) is 6.07 Å². The van der Waals surface area contributed by atoms with Gasteiger partial charge in [-0.3, -0.25) is 14.3 Å². The number of hydrogen-bond acceptors (Lipinski definition) is 7. The summed E-state index contributed by atoms with van der Waals surface area (Å²) >= 11 is 0. The van der Waals surface area contributed by atoms with Crippen molar-refractivity contribution in [2.45, 2.75) is 32.2 Å². The normalized spacial score (nSPS) is 19.6. The second-order valence-corrected chi connectivity index (χ2v) is 9.96. The largest absolute Gasteiger partial charge is 0.354 e. The van der Waals surface area contributed by atoms with Crippen LogP contribution in [-0.4, -0.2) is 56.2 Å². The fraction of sp³-hybridized carbons (Fsp3) is 0.385. The Kier molecular flexibility index (Phi) is 5.71. The van der Waals surface area contributed by atoms with E-state index in [0.717, 1.165) is 48.2 Å². The summed E-state index contributed by atoms with van der Waals surface area (Å²) in [5.41, 5.74) is 2.10. The zero-order chi connectivity index (χ0) is 25.5. The minimum Gasteiger partial charge on any atom is -0.354 e. The van der Waals surface area contributed by atoms with Gasteiger partial charge < -0.3 is 20.5 Å². The van der Waals surface area contributed by atoms with Gasteiger partial charge in [0.05, 0.1) is 22.5 Å². The molecule has 2 atom stereocenters. The van der Waals surface area contributed by atoms with Crippen molar-refractivity contribution in [1.82, 2.24) is 30.0 Å². The maximum atomic E-state index is 12.7. The van der Waals surface area contributed by atoms with Gasteiger partial charge in [0.1, 0.15) is 17.5 Å². The third-order valence-corrected chi connectivity index (χ3v) is 7.37. The number of carbonyl (C=O) groups is 2. The summed E-state index contributed by atoms with van der Waals surface area (Å²) in [7, 11) is 0. The van der Waals surface area contributed by atoms with Gasteiger partial charge in [-0.05, 0) is 49.3 Å². The number of fused-ring (bicyclic) bond motifs is 3. The summed E-state index contributed by atoms with van der Waals surface area (Å²) in [6, 6.07) is 7.67. The number of rotatable bonds is 5. The fourth-order valence-electron chi connectivity index (χ4n) is 4.98. The first-order chi connectivity index (χ1) is 18.0. The Balaban J connectivity index is 1.35. The Morgan fingerprint density at radius 3 is 2.76 bits per heavy atom. The number of nitrogens with zero attached hydrogens (tertiary/aromatic N) is 6. The van der Waals surface area contributed by atoms with E-state index in [-0.39, 0.29) is 6.04 Å². The van der Waals surface area contributed by atoms with E-state index in [9.17, 15) is 9.59 Å². The molecule has 0 spiro atoms. The molecule has 4 aromatic rings. The molecule has 1 aliphatic carbocycles.